The van der Waals surface area contributed by atoms with Gasteiger partial charge in [0.05, 0.1) is 12.7 Å². The fourth-order valence-corrected chi connectivity index (χ4v) is 5.51. The summed E-state index contributed by atoms with van der Waals surface area (Å²) in [6.45, 7) is 6.92. The van der Waals surface area contributed by atoms with Gasteiger partial charge in [0.2, 0.25) is 8.46 Å². The Balaban J connectivity index is 4.09. The van der Waals surface area contributed by atoms with Crippen molar-refractivity contribution in [2.45, 2.75) is 140 Å². The van der Waals surface area contributed by atoms with Crippen LogP contribution in [0.2, 0.25) is 0 Å². The molecule has 0 heterocycles. The number of carbonyl (C=O) groups is 1. The van der Waals surface area contributed by atoms with Gasteiger partial charge in [-0.1, -0.05) is 97.3 Å². The van der Waals surface area contributed by atoms with Crippen molar-refractivity contribution < 1.29 is 29.0 Å². The van der Waals surface area contributed by atoms with E-state index in [1.54, 1.807) is 0 Å². The molecule has 0 bridgehead atoms. The molecule has 0 amide bonds. The molecule has 0 radical (unpaired) electrons. The zero-order valence-electron chi connectivity index (χ0n) is 22.7. The third-order valence-electron chi connectivity index (χ3n) is 6.31. The quantitative estimate of drug-likeness (QED) is 0.0815. The number of ether oxygens (including phenoxy) is 2. The molecule has 35 heavy (non-hydrogen) atoms. The van der Waals surface area contributed by atoms with Gasteiger partial charge in [-0.25, -0.2) is 4.79 Å². The van der Waals surface area contributed by atoms with Gasteiger partial charge in [-0.15, -0.1) is 0 Å². The Morgan fingerprint density at radius 1 is 0.857 bits per heavy atom. The standard InChI is InChI=1S/C27H53O6PS/c1-4-6-8-10-11-12-13-14-15-17-22-35-25(19-16-9-7-5-2)24(3)33-21-18-20-32-23-27(30,34-31)26(28)29/h24-25,30H,4-23H2,1-3H3,(H,28,29). The number of thioether (sulfide) groups is 1. The molecule has 0 rings (SSSR count). The summed E-state index contributed by atoms with van der Waals surface area (Å²) in [6, 6.07) is 0. The molecule has 3 atom stereocenters. The average molecular weight is 537 g/mol. The van der Waals surface area contributed by atoms with Crippen LogP contribution in [0.5, 0.6) is 0 Å². The minimum Gasteiger partial charge on any atom is -0.478 e. The van der Waals surface area contributed by atoms with E-state index in [2.05, 4.69) is 32.5 Å². The Morgan fingerprint density at radius 2 is 1.40 bits per heavy atom. The molecule has 3 unspecified atom stereocenters. The van der Waals surface area contributed by atoms with Gasteiger partial charge >= 0.3 is 5.97 Å². The molecule has 0 aliphatic rings. The van der Waals surface area contributed by atoms with Crippen molar-refractivity contribution in [3.8, 4) is 0 Å². The second-order valence-electron chi connectivity index (χ2n) is 9.64. The number of rotatable bonds is 27. The van der Waals surface area contributed by atoms with Crippen LogP contribution in [0.4, 0.5) is 0 Å². The molecule has 2 N–H and O–H groups in total. The second kappa shape index (κ2) is 24.2. The fraction of sp³-hybridized carbons (Fsp3) is 0.963. The number of aliphatic hydroxyl groups is 1. The molecule has 8 heteroatoms. The predicted molar refractivity (Wildman–Crippen MR) is 148 cm³/mol. The molecule has 0 saturated carbocycles. The molecule has 0 aromatic rings. The second-order valence-corrected chi connectivity index (χ2v) is 11.9. The summed E-state index contributed by atoms with van der Waals surface area (Å²) in [6.07, 6.45) is 20.6. The van der Waals surface area contributed by atoms with Crippen molar-refractivity contribution >= 4 is 26.2 Å². The van der Waals surface area contributed by atoms with Gasteiger partial charge in [-0.3, -0.25) is 4.57 Å². The smallest absolute Gasteiger partial charge is 0.350 e. The first-order valence-electron chi connectivity index (χ1n) is 14.0. The summed E-state index contributed by atoms with van der Waals surface area (Å²) >= 11 is 2.05. The number of unbranched alkanes of at least 4 members (excludes halogenated alkanes) is 12. The molecule has 0 aliphatic carbocycles. The lowest BCUT2D eigenvalue weighted by molar-refractivity contribution is -0.154. The predicted octanol–water partition coefficient (Wildman–Crippen LogP) is 7.86. The summed E-state index contributed by atoms with van der Waals surface area (Å²) in [5.74, 6) is -0.363. The Morgan fingerprint density at radius 3 is 1.94 bits per heavy atom. The van der Waals surface area contributed by atoms with Crippen molar-refractivity contribution in [2.75, 3.05) is 25.6 Å². The zero-order valence-corrected chi connectivity index (χ0v) is 24.4. The first-order chi connectivity index (χ1) is 16.9. The van der Waals surface area contributed by atoms with E-state index in [-0.39, 0.29) is 12.7 Å². The number of hydrogen-bond acceptors (Lipinski definition) is 6. The van der Waals surface area contributed by atoms with Crippen molar-refractivity contribution in [1.29, 1.82) is 0 Å². The van der Waals surface area contributed by atoms with Gasteiger partial charge in [-0.2, -0.15) is 11.8 Å². The highest BCUT2D eigenvalue weighted by atomic mass is 32.2. The van der Waals surface area contributed by atoms with Crippen LogP contribution in [0, 0.1) is 0 Å². The van der Waals surface area contributed by atoms with Crippen LogP contribution in [-0.2, 0) is 18.8 Å². The summed E-state index contributed by atoms with van der Waals surface area (Å²) in [5, 5.41) is 16.7. The first-order valence-corrected chi connectivity index (χ1v) is 15.9. The normalized spacial score (nSPS) is 15.2. The third-order valence-corrected chi connectivity index (χ3v) is 8.50. The van der Waals surface area contributed by atoms with Crippen LogP contribution in [0.25, 0.3) is 0 Å². The van der Waals surface area contributed by atoms with Crippen LogP contribution in [0.3, 0.4) is 0 Å². The number of carboxylic acids is 1. The molecule has 0 aromatic carbocycles. The van der Waals surface area contributed by atoms with E-state index in [9.17, 15) is 14.5 Å². The van der Waals surface area contributed by atoms with Gasteiger partial charge in [-0.05, 0) is 31.9 Å². The highest BCUT2D eigenvalue weighted by molar-refractivity contribution is 7.99. The van der Waals surface area contributed by atoms with Crippen LogP contribution < -0.4 is 0 Å². The van der Waals surface area contributed by atoms with E-state index in [4.69, 9.17) is 14.6 Å². The summed E-state index contributed by atoms with van der Waals surface area (Å²) in [4.78, 5) is 10.9. The summed E-state index contributed by atoms with van der Waals surface area (Å²) in [7, 11) is -0.870. The first kappa shape index (κ1) is 34.8. The van der Waals surface area contributed by atoms with Crippen LogP contribution in [0.15, 0.2) is 0 Å². The summed E-state index contributed by atoms with van der Waals surface area (Å²) < 4.78 is 22.1. The molecule has 6 nitrogen and oxygen atoms in total. The molecular weight excluding hydrogens is 483 g/mol. The number of aliphatic carboxylic acids is 1. The average Bonchev–Trinajstić information content (AvgIpc) is 2.85. The van der Waals surface area contributed by atoms with E-state index < -0.39 is 26.4 Å². The van der Waals surface area contributed by atoms with E-state index in [1.807, 2.05) is 0 Å². The highest BCUT2D eigenvalue weighted by Gasteiger charge is 2.37. The van der Waals surface area contributed by atoms with E-state index in [0.717, 1.165) is 0 Å². The van der Waals surface area contributed by atoms with Crippen molar-refractivity contribution in [3.63, 3.8) is 0 Å². The number of hydrogen-bond donors (Lipinski definition) is 2. The maximum Gasteiger partial charge on any atom is 0.350 e. The Hall–Kier alpha value is -0.200. The topological polar surface area (TPSA) is 93.1 Å². The molecule has 208 valence electrons. The Labute approximate surface area is 220 Å². The third kappa shape index (κ3) is 19.6. The lowest BCUT2D eigenvalue weighted by atomic mass is 10.1. The van der Waals surface area contributed by atoms with Gasteiger partial charge < -0.3 is 19.7 Å². The van der Waals surface area contributed by atoms with Crippen molar-refractivity contribution in [3.05, 3.63) is 0 Å². The maximum absolute atomic E-state index is 10.9. The Kier molecular flexibility index (Phi) is 24.0. The molecule has 0 aliphatic heterocycles. The lowest BCUT2D eigenvalue weighted by Gasteiger charge is -2.24. The van der Waals surface area contributed by atoms with Gasteiger partial charge in [0.15, 0.2) is 0 Å². The SMILES string of the molecule is CCCCCCCCCCCCSC(CCCCCC)C(C)OCCCOCC(O)(P=O)C(=O)O. The van der Waals surface area contributed by atoms with Gasteiger partial charge in [0, 0.05) is 18.5 Å². The van der Waals surface area contributed by atoms with E-state index >= 15 is 0 Å². The van der Waals surface area contributed by atoms with E-state index in [0.29, 0.717) is 18.3 Å². The maximum atomic E-state index is 10.9. The van der Waals surface area contributed by atoms with E-state index in [1.165, 1.54) is 102 Å². The molecule has 0 spiro atoms. The minimum atomic E-state index is -2.37. The van der Waals surface area contributed by atoms with Crippen LogP contribution in [0.1, 0.15) is 124 Å². The highest BCUT2D eigenvalue weighted by Crippen LogP contribution is 2.25. The zero-order chi connectivity index (χ0) is 26.2. The molecule has 0 saturated heterocycles. The summed E-state index contributed by atoms with van der Waals surface area (Å²) in [5.41, 5.74) is 0. The van der Waals surface area contributed by atoms with Crippen LogP contribution >= 0.6 is 20.2 Å². The molecular formula is C27H53O6PS. The van der Waals surface area contributed by atoms with Crippen molar-refractivity contribution in [2.24, 2.45) is 0 Å². The molecule has 0 aromatic heterocycles. The lowest BCUT2D eigenvalue weighted by Crippen LogP contribution is -2.37. The molecule has 0 fully saturated rings. The van der Waals surface area contributed by atoms with Gasteiger partial charge in [0.25, 0.3) is 5.34 Å². The fourth-order valence-electron chi connectivity index (χ4n) is 3.93. The minimum absolute atomic E-state index is 0.154. The largest absolute Gasteiger partial charge is 0.478 e. The Bertz CT molecular complexity index is 510. The number of carboxylic acid groups (broad SMARTS) is 1. The van der Waals surface area contributed by atoms with Gasteiger partial charge in [0.1, 0.15) is 0 Å². The van der Waals surface area contributed by atoms with Crippen LogP contribution in [-0.4, -0.2) is 58.5 Å². The van der Waals surface area contributed by atoms with Crippen molar-refractivity contribution in [1.82, 2.24) is 0 Å². The monoisotopic (exact) mass is 536 g/mol.